The molecule has 1 aromatic carbocycles. The normalized spacial score (nSPS) is 12.0. The monoisotopic (exact) mass is 386 g/mol. The minimum atomic E-state index is -3.87. The van der Waals surface area contributed by atoms with E-state index in [1.54, 1.807) is 29.0 Å². The molecule has 10 heteroatoms. The highest BCUT2D eigenvalue weighted by atomic mass is 32.2. The number of nitrogens with one attached hydrogen (secondary N) is 1. The van der Waals surface area contributed by atoms with Crippen LogP contribution in [0.3, 0.4) is 0 Å². The fourth-order valence-electron chi connectivity index (χ4n) is 1.87. The van der Waals surface area contributed by atoms with E-state index in [4.69, 9.17) is 9.57 Å². The van der Waals surface area contributed by atoms with E-state index in [0.717, 1.165) is 11.3 Å². The van der Waals surface area contributed by atoms with Crippen molar-refractivity contribution in [2.45, 2.75) is 26.5 Å². The Kier molecular flexibility index (Phi) is 7.59. The van der Waals surface area contributed by atoms with Gasteiger partial charge in [-0.15, -0.1) is 0 Å². The third-order valence-electron chi connectivity index (χ3n) is 2.89. The van der Waals surface area contributed by atoms with E-state index in [-0.39, 0.29) is 12.6 Å². The second kappa shape index (κ2) is 9.20. The van der Waals surface area contributed by atoms with Gasteiger partial charge >= 0.3 is 0 Å². The van der Waals surface area contributed by atoms with Gasteiger partial charge < -0.3 is 9.84 Å². The highest BCUT2D eigenvalue weighted by Crippen LogP contribution is 2.21. The third-order valence-corrected chi connectivity index (χ3v) is 3.44. The summed E-state index contributed by atoms with van der Waals surface area (Å²) in [5.41, 5.74) is 0.643. The molecule has 26 heavy (non-hydrogen) atoms. The van der Waals surface area contributed by atoms with Crippen molar-refractivity contribution < 1.29 is 32.7 Å². The molecule has 0 radical (unpaired) electrons. The highest BCUT2D eigenvalue weighted by Gasteiger charge is 2.19. The van der Waals surface area contributed by atoms with Gasteiger partial charge in [0.2, 0.25) is 10.0 Å². The minimum absolute atomic E-state index is 0.0182. The van der Waals surface area contributed by atoms with Gasteiger partial charge in [-0.3, -0.25) is 14.4 Å². The van der Waals surface area contributed by atoms with Crippen molar-refractivity contribution in [3.63, 3.8) is 0 Å². The molecule has 2 amide bonds. The Balaban J connectivity index is 2.94. The molecule has 144 valence electrons. The molecule has 0 aliphatic carbocycles. The van der Waals surface area contributed by atoms with Gasteiger partial charge in [0.05, 0.1) is 32.1 Å². The number of rotatable bonds is 8. The van der Waals surface area contributed by atoms with E-state index in [9.17, 15) is 23.1 Å². The van der Waals surface area contributed by atoms with E-state index in [2.05, 4.69) is 0 Å². The number of hydrogen-bond donors (Lipinski definition) is 2. The number of amides is 2. The van der Waals surface area contributed by atoms with Crippen molar-refractivity contribution in [3.05, 3.63) is 41.7 Å². The average Bonchev–Trinajstić information content (AvgIpc) is 2.51. The lowest BCUT2D eigenvalue weighted by Crippen LogP contribution is -2.33. The number of ether oxygens (including phenoxy) is 1. The molecule has 0 aliphatic heterocycles. The summed E-state index contributed by atoms with van der Waals surface area (Å²) in [6.07, 6.45) is 1.23. The highest BCUT2D eigenvalue weighted by molar-refractivity contribution is 7.89. The van der Waals surface area contributed by atoms with Crippen molar-refractivity contribution >= 4 is 21.8 Å². The van der Waals surface area contributed by atoms with Crippen molar-refractivity contribution in [3.8, 4) is 5.75 Å². The molecule has 0 aliphatic rings. The number of para-hydroxylation sites is 1. The summed E-state index contributed by atoms with van der Waals surface area (Å²) in [6.45, 7) is 3.70. The molecule has 9 nitrogen and oxygen atoms in total. The SMILES string of the molecule is CON(Cc1ccccc1OC(C)C)C(=O)C=C(O)C(=O)NS(C)(=O)=O. The number of aliphatic hydroxyl groups excluding tert-OH is 1. The van der Waals surface area contributed by atoms with E-state index in [0.29, 0.717) is 17.4 Å². The molecular weight excluding hydrogens is 364 g/mol. The van der Waals surface area contributed by atoms with Gasteiger partial charge in [0.1, 0.15) is 5.75 Å². The lowest BCUT2D eigenvalue weighted by Gasteiger charge is -2.21. The number of carbonyl (C=O) groups excluding carboxylic acids is 2. The molecule has 2 N–H and O–H groups in total. The first kappa shape index (κ1) is 21.5. The van der Waals surface area contributed by atoms with Crippen LogP contribution in [0.15, 0.2) is 36.1 Å². The zero-order valence-electron chi connectivity index (χ0n) is 14.9. The Morgan fingerprint density at radius 1 is 1.31 bits per heavy atom. The Morgan fingerprint density at radius 2 is 1.92 bits per heavy atom. The summed E-state index contributed by atoms with van der Waals surface area (Å²) in [7, 11) is -2.63. The maximum atomic E-state index is 12.2. The first-order valence-corrected chi connectivity index (χ1v) is 9.45. The Hall–Kier alpha value is -2.59. The lowest BCUT2D eigenvalue weighted by atomic mass is 10.2. The first-order valence-electron chi connectivity index (χ1n) is 7.56. The van der Waals surface area contributed by atoms with Gasteiger partial charge in [0.25, 0.3) is 11.8 Å². The van der Waals surface area contributed by atoms with Gasteiger partial charge in [0.15, 0.2) is 5.76 Å². The average molecular weight is 386 g/mol. The molecule has 0 atom stereocenters. The summed E-state index contributed by atoms with van der Waals surface area (Å²) in [4.78, 5) is 28.7. The summed E-state index contributed by atoms with van der Waals surface area (Å²) in [6, 6.07) is 7.01. The van der Waals surface area contributed by atoms with Crippen LogP contribution < -0.4 is 9.46 Å². The largest absolute Gasteiger partial charge is 0.503 e. The molecule has 0 bridgehead atoms. The number of nitrogens with zero attached hydrogens (tertiary/aromatic N) is 1. The summed E-state index contributed by atoms with van der Waals surface area (Å²) >= 11 is 0. The molecule has 0 unspecified atom stereocenters. The minimum Gasteiger partial charge on any atom is -0.503 e. The number of sulfonamides is 1. The lowest BCUT2D eigenvalue weighted by molar-refractivity contribution is -0.173. The maximum Gasteiger partial charge on any atom is 0.299 e. The quantitative estimate of drug-likeness (QED) is 0.386. The van der Waals surface area contributed by atoms with Crippen LogP contribution >= 0.6 is 0 Å². The van der Waals surface area contributed by atoms with Crippen LogP contribution in [0.25, 0.3) is 0 Å². The van der Waals surface area contributed by atoms with E-state index in [1.165, 1.54) is 7.11 Å². The van der Waals surface area contributed by atoms with Crippen molar-refractivity contribution in [2.75, 3.05) is 13.4 Å². The van der Waals surface area contributed by atoms with Crippen LogP contribution in [0.4, 0.5) is 0 Å². The number of hydroxylamine groups is 2. The molecule has 1 aromatic rings. The fraction of sp³-hybridized carbons (Fsp3) is 0.375. The van der Waals surface area contributed by atoms with Crippen molar-refractivity contribution in [1.29, 1.82) is 0 Å². The number of aliphatic hydroxyl groups is 1. The second-order valence-electron chi connectivity index (χ2n) is 5.56. The molecule has 0 heterocycles. The number of hydrogen-bond acceptors (Lipinski definition) is 7. The molecule has 0 spiro atoms. The van der Waals surface area contributed by atoms with Crippen molar-refractivity contribution in [2.24, 2.45) is 0 Å². The predicted octanol–water partition coefficient (Wildman–Crippen LogP) is 0.881. The van der Waals surface area contributed by atoms with Gasteiger partial charge in [-0.05, 0) is 19.9 Å². The summed E-state index contributed by atoms with van der Waals surface area (Å²) in [5, 5.41) is 10.5. The molecule has 1 rings (SSSR count). The maximum absolute atomic E-state index is 12.2. The van der Waals surface area contributed by atoms with Gasteiger partial charge in [-0.1, -0.05) is 18.2 Å². The van der Waals surface area contributed by atoms with Crippen LogP contribution in [-0.2, 0) is 31.0 Å². The summed E-state index contributed by atoms with van der Waals surface area (Å²) < 4.78 is 29.2. The topological polar surface area (TPSA) is 122 Å². The van der Waals surface area contributed by atoms with E-state index < -0.39 is 27.6 Å². The van der Waals surface area contributed by atoms with Gasteiger partial charge in [0, 0.05) is 5.56 Å². The summed E-state index contributed by atoms with van der Waals surface area (Å²) in [5.74, 6) is -2.68. The number of carbonyl (C=O) groups is 2. The van der Waals surface area contributed by atoms with Gasteiger partial charge in [-0.2, -0.15) is 0 Å². The molecule has 0 saturated carbocycles. The third kappa shape index (κ3) is 7.11. The predicted molar refractivity (Wildman–Crippen MR) is 93.5 cm³/mol. The van der Waals surface area contributed by atoms with E-state index >= 15 is 0 Å². The van der Waals surface area contributed by atoms with Crippen LogP contribution in [0.2, 0.25) is 0 Å². The van der Waals surface area contributed by atoms with Crippen LogP contribution in [-0.4, -0.2) is 49.9 Å². The van der Waals surface area contributed by atoms with Crippen LogP contribution in [0, 0.1) is 0 Å². The zero-order valence-corrected chi connectivity index (χ0v) is 15.7. The Labute approximate surface area is 152 Å². The number of benzene rings is 1. The fourth-order valence-corrected chi connectivity index (χ4v) is 2.31. The molecular formula is C16H22N2O7S. The molecule has 0 saturated heterocycles. The second-order valence-corrected chi connectivity index (χ2v) is 7.31. The van der Waals surface area contributed by atoms with E-state index in [1.807, 2.05) is 13.8 Å². The van der Waals surface area contributed by atoms with Crippen LogP contribution in [0.1, 0.15) is 19.4 Å². The van der Waals surface area contributed by atoms with Crippen LogP contribution in [0.5, 0.6) is 5.75 Å². The smallest absolute Gasteiger partial charge is 0.299 e. The molecule has 0 aromatic heterocycles. The molecule has 0 fully saturated rings. The zero-order chi connectivity index (χ0) is 19.9. The Bertz CT molecular complexity index is 788. The standard InChI is InChI=1S/C16H22N2O7S/c1-11(2)25-14-8-6-5-7-12(14)10-18(24-3)15(20)9-13(19)16(21)17-26(4,22)23/h5-9,11,19H,10H2,1-4H3,(H,17,21). The first-order chi connectivity index (χ1) is 12.0. The van der Waals surface area contributed by atoms with Gasteiger partial charge in [-0.25, -0.2) is 18.2 Å². The van der Waals surface area contributed by atoms with Crippen molar-refractivity contribution in [1.82, 2.24) is 9.79 Å². The Morgan fingerprint density at radius 3 is 2.46 bits per heavy atom.